The van der Waals surface area contributed by atoms with Gasteiger partial charge in [-0.1, -0.05) is 24.3 Å². The van der Waals surface area contributed by atoms with Gasteiger partial charge in [-0.3, -0.25) is 14.6 Å². The minimum Gasteiger partial charge on any atom is -0.350 e. The molecule has 9 heteroatoms. The van der Waals surface area contributed by atoms with Crippen molar-refractivity contribution in [3.63, 3.8) is 0 Å². The molecule has 2 aromatic carbocycles. The van der Waals surface area contributed by atoms with Crippen LogP contribution < -0.4 is 16.0 Å². The van der Waals surface area contributed by atoms with Crippen molar-refractivity contribution in [3.8, 4) is 0 Å². The Kier molecular flexibility index (Phi) is 7.31. The summed E-state index contributed by atoms with van der Waals surface area (Å²) in [7, 11) is 0. The number of rotatable bonds is 4. The minimum atomic E-state index is -4.52. The summed E-state index contributed by atoms with van der Waals surface area (Å²) in [5, 5.41) is 8.59. The van der Waals surface area contributed by atoms with Crippen molar-refractivity contribution < 1.29 is 22.8 Å². The van der Waals surface area contributed by atoms with Crippen molar-refractivity contribution >= 4 is 29.0 Å². The number of halogens is 3. The Labute approximate surface area is 219 Å². The van der Waals surface area contributed by atoms with E-state index < -0.39 is 17.6 Å². The number of amides is 2. The summed E-state index contributed by atoms with van der Waals surface area (Å²) >= 11 is 0. The van der Waals surface area contributed by atoms with Gasteiger partial charge in [0.15, 0.2) is 0 Å². The molecule has 0 radical (unpaired) electrons. The van der Waals surface area contributed by atoms with Crippen LogP contribution in [-0.4, -0.2) is 23.2 Å². The lowest BCUT2D eigenvalue weighted by atomic mass is 9.83. The van der Waals surface area contributed by atoms with E-state index in [1.807, 2.05) is 32.9 Å². The Bertz CT molecular complexity index is 1400. The van der Waals surface area contributed by atoms with E-state index in [-0.39, 0.29) is 28.6 Å². The fraction of sp³-hybridized carbons (Fsp3) is 0.276. The second-order valence-corrected chi connectivity index (χ2v) is 10.2. The predicted molar refractivity (Wildman–Crippen MR) is 143 cm³/mol. The van der Waals surface area contributed by atoms with Gasteiger partial charge in [0, 0.05) is 34.6 Å². The molecular weight excluding hydrogens is 493 g/mol. The number of amidine groups is 1. The first-order valence-corrected chi connectivity index (χ1v) is 12.2. The van der Waals surface area contributed by atoms with Crippen LogP contribution in [0, 0.1) is 12.8 Å². The van der Waals surface area contributed by atoms with Crippen molar-refractivity contribution in [2.75, 3.05) is 10.6 Å². The summed E-state index contributed by atoms with van der Waals surface area (Å²) in [4.78, 5) is 30.9. The van der Waals surface area contributed by atoms with E-state index >= 15 is 0 Å². The fourth-order valence-electron chi connectivity index (χ4n) is 4.26. The molecule has 0 saturated carbocycles. The molecular formula is C29H29F3N4O2. The average Bonchev–Trinajstić information content (AvgIpc) is 2.84. The lowest BCUT2D eigenvalue weighted by Gasteiger charge is -2.29. The number of hydrogen-bond acceptors (Lipinski definition) is 3. The van der Waals surface area contributed by atoms with Crippen molar-refractivity contribution in [2.24, 2.45) is 10.9 Å². The van der Waals surface area contributed by atoms with Gasteiger partial charge in [-0.15, -0.1) is 0 Å². The van der Waals surface area contributed by atoms with Gasteiger partial charge in [-0.05, 0) is 81.7 Å². The number of alkyl halides is 3. The van der Waals surface area contributed by atoms with Gasteiger partial charge in [-0.25, -0.2) is 0 Å². The summed E-state index contributed by atoms with van der Waals surface area (Å²) in [5.74, 6) is -0.199. The van der Waals surface area contributed by atoms with E-state index in [2.05, 4.69) is 16.0 Å². The largest absolute Gasteiger partial charge is 0.416 e. The third-order valence-electron chi connectivity index (χ3n) is 6.06. The number of nitrogens with one attached hydrogen (secondary N) is 3. The third-order valence-corrected chi connectivity index (χ3v) is 6.06. The topological polar surface area (TPSA) is 82.6 Å². The number of allylic oxidation sites excluding steroid dienone is 2. The molecule has 0 saturated heterocycles. The SMILES string of the molecule is Cc1ccc(C(=O)Nc2cccc(C(F)(F)F)c2)cc1NC(=O)C1=C2C=CNC(=NC(C)(C)C)C2CC=C1. The number of benzene rings is 2. The van der Waals surface area contributed by atoms with Crippen LogP contribution in [0.2, 0.25) is 0 Å². The van der Waals surface area contributed by atoms with Crippen molar-refractivity contribution in [3.05, 3.63) is 94.7 Å². The van der Waals surface area contributed by atoms with E-state index in [0.717, 1.165) is 29.1 Å². The Morgan fingerprint density at radius 2 is 1.76 bits per heavy atom. The lowest BCUT2D eigenvalue weighted by Crippen LogP contribution is -2.36. The second-order valence-electron chi connectivity index (χ2n) is 10.2. The van der Waals surface area contributed by atoms with E-state index in [9.17, 15) is 22.8 Å². The zero-order chi connectivity index (χ0) is 27.7. The number of carbonyl (C=O) groups excluding carboxylic acids is 2. The van der Waals surface area contributed by atoms with E-state index in [1.165, 1.54) is 18.2 Å². The van der Waals surface area contributed by atoms with Crippen LogP contribution >= 0.6 is 0 Å². The van der Waals surface area contributed by atoms with Crippen molar-refractivity contribution in [1.29, 1.82) is 0 Å². The zero-order valence-corrected chi connectivity index (χ0v) is 21.5. The van der Waals surface area contributed by atoms with Gasteiger partial charge < -0.3 is 16.0 Å². The molecule has 1 aliphatic carbocycles. The van der Waals surface area contributed by atoms with Gasteiger partial charge in [0.05, 0.1) is 11.1 Å². The highest BCUT2D eigenvalue weighted by atomic mass is 19.4. The summed E-state index contributed by atoms with van der Waals surface area (Å²) in [5.41, 5.74) is 1.58. The van der Waals surface area contributed by atoms with E-state index in [4.69, 9.17) is 4.99 Å². The number of aryl methyl sites for hydroxylation is 1. The molecule has 1 aliphatic heterocycles. The first-order valence-electron chi connectivity index (χ1n) is 12.2. The van der Waals surface area contributed by atoms with Gasteiger partial charge >= 0.3 is 6.18 Å². The normalized spacial score (nSPS) is 18.2. The molecule has 0 spiro atoms. The third kappa shape index (κ3) is 6.22. The first-order chi connectivity index (χ1) is 17.8. The number of anilines is 2. The molecule has 3 N–H and O–H groups in total. The van der Waals surface area contributed by atoms with Crippen LogP contribution in [0.25, 0.3) is 0 Å². The molecule has 6 nitrogen and oxygen atoms in total. The maximum atomic E-state index is 13.3. The molecule has 0 aromatic heterocycles. The zero-order valence-electron chi connectivity index (χ0n) is 21.5. The summed E-state index contributed by atoms with van der Waals surface area (Å²) in [6.45, 7) is 7.82. The Morgan fingerprint density at radius 3 is 2.47 bits per heavy atom. The minimum absolute atomic E-state index is 0.0201. The molecule has 0 fully saturated rings. The lowest BCUT2D eigenvalue weighted by molar-refractivity contribution is -0.137. The van der Waals surface area contributed by atoms with Crippen LogP contribution in [0.3, 0.4) is 0 Å². The standard InChI is InChI=1S/C29H29F3N4O2/c1-17-11-12-18(26(37)34-20-8-5-7-19(16-20)29(30,31)32)15-24(17)35-27(38)23-10-6-9-22-21(23)13-14-33-25(22)36-28(2,3)4/h5-8,10-16,22H,9H2,1-4H3,(H,33,36)(H,34,37)(H,35,38). The van der Waals surface area contributed by atoms with E-state index in [1.54, 1.807) is 31.3 Å². The van der Waals surface area contributed by atoms with Crippen LogP contribution in [0.15, 0.2) is 83.0 Å². The van der Waals surface area contributed by atoms with Crippen molar-refractivity contribution in [1.82, 2.24) is 5.32 Å². The smallest absolute Gasteiger partial charge is 0.350 e. The summed E-state index contributed by atoms with van der Waals surface area (Å²) in [6, 6.07) is 9.15. The summed E-state index contributed by atoms with van der Waals surface area (Å²) < 4.78 is 39.1. The highest BCUT2D eigenvalue weighted by Crippen LogP contribution is 2.32. The molecule has 198 valence electrons. The molecule has 1 atom stereocenters. The number of aliphatic imine (C=N–C) groups is 1. The first kappa shape index (κ1) is 26.9. The Hall–Kier alpha value is -4.14. The maximum absolute atomic E-state index is 13.3. The van der Waals surface area contributed by atoms with Gasteiger partial charge in [0.2, 0.25) is 0 Å². The van der Waals surface area contributed by atoms with Gasteiger partial charge in [0.25, 0.3) is 11.8 Å². The molecule has 2 aliphatic rings. The molecule has 0 bridgehead atoms. The van der Waals surface area contributed by atoms with E-state index in [0.29, 0.717) is 17.7 Å². The fourth-order valence-corrected chi connectivity index (χ4v) is 4.26. The number of hydrogen-bond donors (Lipinski definition) is 3. The van der Waals surface area contributed by atoms with Crippen molar-refractivity contribution in [2.45, 2.75) is 45.8 Å². The molecule has 1 heterocycles. The highest BCUT2D eigenvalue weighted by Gasteiger charge is 2.31. The second kappa shape index (κ2) is 10.3. The molecule has 38 heavy (non-hydrogen) atoms. The highest BCUT2D eigenvalue weighted by molar-refractivity contribution is 6.10. The number of fused-ring (bicyclic) bond motifs is 1. The van der Waals surface area contributed by atoms with Gasteiger partial charge in [-0.2, -0.15) is 13.2 Å². The number of nitrogens with zero attached hydrogens (tertiary/aromatic N) is 1. The quantitative estimate of drug-likeness (QED) is 0.435. The Balaban J connectivity index is 1.56. The average molecular weight is 523 g/mol. The van der Waals surface area contributed by atoms with Crippen LogP contribution in [0.5, 0.6) is 0 Å². The monoisotopic (exact) mass is 522 g/mol. The molecule has 1 unspecified atom stereocenters. The predicted octanol–water partition coefficient (Wildman–Crippen LogP) is 6.39. The molecule has 2 amide bonds. The number of carbonyl (C=O) groups is 2. The van der Waals surface area contributed by atoms with Crippen LogP contribution in [-0.2, 0) is 11.0 Å². The maximum Gasteiger partial charge on any atom is 0.416 e. The molecule has 4 rings (SSSR count). The van der Waals surface area contributed by atoms with Gasteiger partial charge in [0.1, 0.15) is 5.84 Å². The Morgan fingerprint density at radius 1 is 1.00 bits per heavy atom. The summed E-state index contributed by atoms with van der Waals surface area (Å²) in [6.07, 6.45) is 3.55. The molecule has 2 aromatic rings. The van der Waals surface area contributed by atoms with Crippen LogP contribution in [0.4, 0.5) is 24.5 Å². The van der Waals surface area contributed by atoms with Crippen LogP contribution in [0.1, 0.15) is 48.7 Å².